The molecule has 0 unspecified atom stereocenters. The molecule has 0 fully saturated rings. The Balaban J connectivity index is 2.42. The predicted molar refractivity (Wildman–Crippen MR) is 56.7 cm³/mol. The lowest BCUT2D eigenvalue weighted by Gasteiger charge is -2.02. The van der Waals surface area contributed by atoms with Gasteiger partial charge in [0.05, 0.1) is 6.20 Å². The van der Waals surface area contributed by atoms with Gasteiger partial charge in [0.25, 0.3) is 0 Å². The highest BCUT2D eigenvalue weighted by Gasteiger charge is 2.09. The fourth-order valence-corrected chi connectivity index (χ4v) is 1.56. The average Bonchev–Trinajstić information content (AvgIpc) is 2.71. The van der Waals surface area contributed by atoms with Gasteiger partial charge in [-0.25, -0.2) is 8.78 Å². The average molecular weight is 223 g/mol. The van der Waals surface area contributed by atoms with Gasteiger partial charge in [0.1, 0.15) is 0 Å². The van der Waals surface area contributed by atoms with Crippen molar-refractivity contribution in [1.29, 1.82) is 0 Å². The molecule has 16 heavy (non-hydrogen) atoms. The van der Waals surface area contributed by atoms with Gasteiger partial charge in [-0.2, -0.15) is 5.10 Å². The summed E-state index contributed by atoms with van der Waals surface area (Å²) in [5.41, 5.74) is 7.61. The highest BCUT2D eigenvalue weighted by atomic mass is 19.2. The van der Waals surface area contributed by atoms with Crippen LogP contribution in [0.25, 0.3) is 11.1 Å². The number of hydrogen-bond donors (Lipinski definition) is 2. The molecule has 3 nitrogen and oxygen atoms in total. The van der Waals surface area contributed by atoms with Crippen LogP contribution in [-0.2, 0) is 6.42 Å². The molecule has 3 N–H and O–H groups in total. The van der Waals surface area contributed by atoms with E-state index in [4.69, 9.17) is 5.73 Å². The molecule has 0 aliphatic heterocycles. The topological polar surface area (TPSA) is 54.7 Å². The summed E-state index contributed by atoms with van der Waals surface area (Å²) in [6, 6.07) is 3.77. The molecular weight excluding hydrogens is 212 g/mol. The highest BCUT2D eigenvalue weighted by Crippen LogP contribution is 2.23. The number of H-pyrrole nitrogens is 1. The number of rotatable bonds is 3. The summed E-state index contributed by atoms with van der Waals surface area (Å²) in [5, 5.41) is 6.67. The number of aromatic nitrogens is 2. The number of nitrogens with one attached hydrogen (secondary N) is 1. The summed E-state index contributed by atoms with van der Waals surface area (Å²) in [7, 11) is 0. The molecule has 0 atom stereocenters. The minimum Gasteiger partial charge on any atom is -0.330 e. The highest BCUT2D eigenvalue weighted by molar-refractivity contribution is 5.65. The van der Waals surface area contributed by atoms with Gasteiger partial charge in [0.15, 0.2) is 11.6 Å². The van der Waals surface area contributed by atoms with Gasteiger partial charge in [-0.15, -0.1) is 0 Å². The van der Waals surface area contributed by atoms with E-state index in [9.17, 15) is 8.78 Å². The molecule has 0 saturated heterocycles. The van der Waals surface area contributed by atoms with Crippen molar-refractivity contribution in [2.24, 2.45) is 5.73 Å². The van der Waals surface area contributed by atoms with Crippen LogP contribution in [0.1, 0.15) is 5.69 Å². The predicted octanol–water partition coefficient (Wildman–Crippen LogP) is 1.86. The van der Waals surface area contributed by atoms with Crippen LogP contribution in [0.2, 0.25) is 0 Å². The number of hydrogen-bond acceptors (Lipinski definition) is 2. The minimum atomic E-state index is -0.864. The first-order chi connectivity index (χ1) is 7.72. The first-order valence-corrected chi connectivity index (χ1v) is 4.90. The van der Waals surface area contributed by atoms with Crippen LogP contribution in [0.15, 0.2) is 24.4 Å². The van der Waals surface area contributed by atoms with Crippen molar-refractivity contribution < 1.29 is 8.78 Å². The third kappa shape index (κ3) is 1.94. The molecule has 0 aliphatic carbocycles. The lowest BCUT2D eigenvalue weighted by molar-refractivity contribution is 0.509. The van der Waals surface area contributed by atoms with Crippen LogP contribution in [0, 0.1) is 11.6 Å². The SMILES string of the molecule is NCCc1[nH]ncc1-c1ccc(F)c(F)c1. The Morgan fingerprint density at radius 2 is 2.06 bits per heavy atom. The van der Waals surface area contributed by atoms with Crippen molar-refractivity contribution in [3.05, 3.63) is 41.7 Å². The summed E-state index contributed by atoms with van der Waals surface area (Å²) in [6.07, 6.45) is 2.20. The Morgan fingerprint density at radius 1 is 1.25 bits per heavy atom. The van der Waals surface area contributed by atoms with Crippen LogP contribution < -0.4 is 5.73 Å². The third-order valence-corrected chi connectivity index (χ3v) is 2.34. The Labute approximate surface area is 91.3 Å². The van der Waals surface area contributed by atoms with Crippen molar-refractivity contribution in [2.75, 3.05) is 6.54 Å². The van der Waals surface area contributed by atoms with E-state index in [2.05, 4.69) is 10.2 Å². The molecule has 0 radical (unpaired) electrons. The Morgan fingerprint density at radius 3 is 2.75 bits per heavy atom. The van der Waals surface area contributed by atoms with E-state index in [-0.39, 0.29) is 0 Å². The van der Waals surface area contributed by atoms with Gasteiger partial charge in [0.2, 0.25) is 0 Å². The monoisotopic (exact) mass is 223 g/mol. The van der Waals surface area contributed by atoms with Crippen molar-refractivity contribution in [1.82, 2.24) is 10.2 Å². The van der Waals surface area contributed by atoms with Crippen LogP contribution in [0.5, 0.6) is 0 Å². The standard InChI is InChI=1S/C11H11F2N3/c12-9-2-1-7(5-10(9)13)8-6-15-16-11(8)3-4-14/h1-2,5-6H,3-4,14H2,(H,15,16). The fraction of sp³-hybridized carbons (Fsp3) is 0.182. The molecule has 0 bridgehead atoms. The zero-order valence-electron chi connectivity index (χ0n) is 8.50. The van der Waals surface area contributed by atoms with Crippen molar-refractivity contribution >= 4 is 0 Å². The fourth-order valence-electron chi connectivity index (χ4n) is 1.56. The summed E-state index contributed by atoms with van der Waals surface area (Å²) in [5.74, 6) is -1.72. The molecule has 0 amide bonds. The van der Waals surface area contributed by atoms with E-state index in [1.54, 1.807) is 6.20 Å². The molecule has 5 heteroatoms. The molecule has 2 rings (SSSR count). The van der Waals surface area contributed by atoms with Crippen LogP contribution in [0.3, 0.4) is 0 Å². The van der Waals surface area contributed by atoms with E-state index >= 15 is 0 Å². The quantitative estimate of drug-likeness (QED) is 0.834. The zero-order valence-corrected chi connectivity index (χ0v) is 8.50. The second-order valence-electron chi connectivity index (χ2n) is 3.43. The van der Waals surface area contributed by atoms with E-state index in [1.807, 2.05) is 0 Å². The van der Waals surface area contributed by atoms with Crippen molar-refractivity contribution in [2.45, 2.75) is 6.42 Å². The maximum atomic E-state index is 13.1. The number of nitrogens with two attached hydrogens (primary N) is 1. The zero-order chi connectivity index (χ0) is 11.5. The van der Waals surface area contributed by atoms with Crippen LogP contribution in [0.4, 0.5) is 8.78 Å². The van der Waals surface area contributed by atoms with E-state index in [0.29, 0.717) is 18.5 Å². The summed E-state index contributed by atoms with van der Waals surface area (Å²) in [6.45, 7) is 0.471. The molecule has 1 aromatic heterocycles. The number of nitrogens with zero attached hydrogens (tertiary/aromatic N) is 1. The molecule has 0 aliphatic rings. The molecule has 2 aromatic rings. The van der Waals surface area contributed by atoms with Crippen molar-refractivity contribution in [3.63, 3.8) is 0 Å². The minimum absolute atomic E-state index is 0.471. The Bertz CT molecular complexity index is 494. The van der Waals surface area contributed by atoms with Crippen LogP contribution in [-0.4, -0.2) is 16.7 Å². The largest absolute Gasteiger partial charge is 0.330 e. The van der Waals surface area contributed by atoms with Gasteiger partial charge in [-0.05, 0) is 24.2 Å². The summed E-state index contributed by atoms with van der Waals surface area (Å²) >= 11 is 0. The number of halogens is 2. The third-order valence-electron chi connectivity index (χ3n) is 2.34. The van der Waals surface area contributed by atoms with Gasteiger partial charge < -0.3 is 5.73 Å². The summed E-state index contributed by atoms with van der Waals surface area (Å²) < 4.78 is 25.8. The second-order valence-corrected chi connectivity index (χ2v) is 3.43. The first-order valence-electron chi connectivity index (χ1n) is 4.90. The maximum absolute atomic E-state index is 13.1. The van der Waals surface area contributed by atoms with Gasteiger partial charge in [-0.3, -0.25) is 5.10 Å². The second kappa shape index (κ2) is 4.40. The molecule has 1 aromatic carbocycles. The molecular formula is C11H11F2N3. The maximum Gasteiger partial charge on any atom is 0.159 e. The lowest BCUT2D eigenvalue weighted by Crippen LogP contribution is -2.04. The molecule has 1 heterocycles. The first kappa shape index (κ1) is 10.8. The van der Waals surface area contributed by atoms with E-state index in [1.165, 1.54) is 6.07 Å². The van der Waals surface area contributed by atoms with E-state index in [0.717, 1.165) is 23.4 Å². The van der Waals surface area contributed by atoms with Gasteiger partial charge in [-0.1, -0.05) is 6.07 Å². The summed E-state index contributed by atoms with van der Waals surface area (Å²) in [4.78, 5) is 0. The van der Waals surface area contributed by atoms with Crippen LogP contribution >= 0.6 is 0 Å². The normalized spacial score (nSPS) is 10.7. The van der Waals surface area contributed by atoms with E-state index < -0.39 is 11.6 Å². The molecule has 0 saturated carbocycles. The smallest absolute Gasteiger partial charge is 0.159 e. The van der Waals surface area contributed by atoms with Crippen molar-refractivity contribution in [3.8, 4) is 11.1 Å². The van der Waals surface area contributed by atoms with Gasteiger partial charge >= 0.3 is 0 Å². The lowest BCUT2D eigenvalue weighted by atomic mass is 10.0. The van der Waals surface area contributed by atoms with Gasteiger partial charge in [0, 0.05) is 17.7 Å². The Kier molecular flexibility index (Phi) is 2.96. The molecule has 0 spiro atoms. The molecule has 84 valence electrons. The number of aromatic amines is 1. The Hall–Kier alpha value is -1.75. The number of benzene rings is 1.